The third-order valence-electron chi connectivity index (χ3n) is 2.78. The molecule has 0 fully saturated rings. The predicted octanol–water partition coefficient (Wildman–Crippen LogP) is 2.11. The number of benzene rings is 1. The maximum atomic E-state index is 12.0. The second-order valence-electron chi connectivity index (χ2n) is 3.98. The molecule has 1 heterocycles. The van der Waals surface area contributed by atoms with E-state index in [1.54, 1.807) is 7.05 Å². The first-order valence-corrected chi connectivity index (χ1v) is 6.45. The van der Waals surface area contributed by atoms with Crippen LogP contribution in [0.2, 0.25) is 0 Å². The minimum Gasteiger partial charge on any atom is -0.467 e. The lowest BCUT2D eigenvalue weighted by molar-refractivity contribution is 0.357. The molecule has 0 radical (unpaired) electrons. The molecule has 102 valence electrons. The van der Waals surface area contributed by atoms with Crippen molar-refractivity contribution in [3.05, 3.63) is 45.9 Å². The molecule has 1 aromatic heterocycles. The molecule has 0 saturated carbocycles. The molecule has 7 heteroatoms. The van der Waals surface area contributed by atoms with Crippen LogP contribution in [-0.4, -0.2) is 21.5 Å². The third-order valence-corrected chi connectivity index (χ3v) is 3.25. The zero-order valence-electron chi connectivity index (χ0n) is 10.5. The monoisotopic (exact) mass is 301 g/mol. The van der Waals surface area contributed by atoms with E-state index < -0.39 is 4.84 Å². The Balaban J connectivity index is 2.45. The summed E-state index contributed by atoms with van der Waals surface area (Å²) in [6.45, 7) is 0.308. The first kappa shape index (κ1) is 14.0. The number of rotatable bonds is 4. The van der Waals surface area contributed by atoms with Crippen LogP contribution in [0.4, 0.5) is 0 Å². The van der Waals surface area contributed by atoms with Crippen molar-refractivity contribution < 1.29 is 4.74 Å². The number of aryl methyl sites for hydroxylation is 1. The lowest BCUT2D eigenvalue weighted by atomic mass is 10.1. The van der Waals surface area contributed by atoms with Crippen LogP contribution >= 0.6 is 23.2 Å². The van der Waals surface area contributed by atoms with E-state index in [2.05, 4.69) is 5.10 Å². The molecule has 19 heavy (non-hydrogen) atoms. The number of halogens is 2. The van der Waals surface area contributed by atoms with Crippen LogP contribution in [-0.2, 0) is 13.6 Å². The zero-order chi connectivity index (χ0) is 14.0. The first-order valence-electron chi connectivity index (χ1n) is 5.58. The summed E-state index contributed by atoms with van der Waals surface area (Å²) in [6, 6.07) is 7.66. The highest BCUT2D eigenvalue weighted by Gasteiger charge is 2.15. The van der Waals surface area contributed by atoms with Gasteiger partial charge in [-0.1, -0.05) is 24.3 Å². The van der Waals surface area contributed by atoms with Crippen molar-refractivity contribution in [3.63, 3.8) is 0 Å². The molecule has 0 bridgehead atoms. The highest BCUT2D eigenvalue weighted by Crippen LogP contribution is 2.28. The Kier molecular flexibility index (Phi) is 4.17. The van der Waals surface area contributed by atoms with E-state index in [4.69, 9.17) is 27.9 Å². The number of ether oxygens (including phenoxy) is 1. The number of nitrogens with zero attached hydrogens (tertiary/aromatic N) is 3. The van der Waals surface area contributed by atoms with Crippen molar-refractivity contribution in [1.82, 2.24) is 14.3 Å². The predicted molar refractivity (Wildman–Crippen MR) is 74.0 cm³/mol. The fourth-order valence-corrected chi connectivity index (χ4v) is 2.26. The summed E-state index contributed by atoms with van der Waals surface area (Å²) in [6.07, 6.45) is 0. The zero-order valence-corrected chi connectivity index (χ0v) is 12.0. The molecule has 1 aromatic carbocycles. The van der Waals surface area contributed by atoms with Crippen LogP contribution in [0.5, 0.6) is 6.01 Å². The smallest absolute Gasteiger partial charge is 0.348 e. The average Bonchev–Trinajstić information content (AvgIpc) is 2.67. The number of hydrogen-bond acceptors (Lipinski definition) is 3. The van der Waals surface area contributed by atoms with E-state index in [-0.39, 0.29) is 11.7 Å². The van der Waals surface area contributed by atoms with Crippen molar-refractivity contribution in [2.75, 3.05) is 7.11 Å². The second-order valence-corrected chi connectivity index (χ2v) is 5.07. The van der Waals surface area contributed by atoms with Gasteiger partial charge in [0.25, 0.3) is 0 Å². The average molecular weight is 302 g/mol. The van der Waals surface area contributed by atoms with E-state index in [0.29, 0.717) is 6.54 Å². The molecular weight excluding hydrogens is 289 g/mol. The molecule has 0 atom stereocenters. The topological polar surface area (TPSA) is 49.1 Å². The van der Waals surface area contributed by atoms with E-state index >= 15 is 0 Å². The van der Waals surface area contributed by atoms with Gasteiger partial charge in [-0.05, 0) is 11.1 Å². The van der Waals surface area contributed by atoms with Gasteiger partial charge >= 0.3 is 11.7 Å². The van der Waals surface area contributed by atoms with E-state index in [1.165, 1.54) is 16.4 Å². The maximum Gasteiger partial charge on any atom is 0.348 e. The Labute approximate surface area is 120 Å². The Morgan fingerprint density at radius 2 is 2.05 bits per heavy atom. The Bertz CT molecular complexity index is 634. The second kappa shape index (κ2) is 5.67. The summed E-state index contributed by atoms with van der Waals surface area (Å²) >= 11 is 11.8. The molecule has 0 unspecified atom stereocenters. The quantitative estimate of drug-likeness (QED) is 0.813. The van der Waals surface area contributed by atoms with Crippen molar-refractivity contribution in [2.45, 2.75) is 11.4 Å². The van der Waals surface area contributed by atoms with Gasteiger partial charge in [0.1, 0.15) is 4.84 Å². The molecule has 0 aliphatic rings. The molecule has 0 N–H and O–H groups in total. The molecule has 0 saturated heterocycles. The van der Waals surface area contributed by atoms with Crippen LogP contribution in [0.3, 0.4) is 0 Å². The molecule has 0 aliphatic carbocycles. The van der Waals surface area contributed by atoms with Gasteiger partial charge in [-0.3, -0.25) is 0 Å². The van der Waals surface area contributed by atoms with Gasteiger partial charge < -0.3 is 4.74 Å². The van der Waals surface area contributed by atoms with Gasteiger partial charge in [-0.15, -0.1) is 28.3 Å². The summed E-state index contributed by atoms with van der Waals surface area (Å²) < 4.78 is 7.73. The summed E-state index contributed by atoms with van der Waals surface area (Å²) in [5, 5.41) is 3.98. The van der Waals surface area contributed by atoms with Crippen molar-refractivity contribution in [3.8, 4) is 6.01 Å². The lowest BCUT2D eigenvalue weighted by Gasteiger charge is -2.10. The number of aromatic nitrogens is 3. The SMILES string of the molecule is COc1nn(C)c(=O)n1Cc1ccccc1C(Cl)Cl. The van der Waals surface area contributed by atoms with E-state index in [9.17, 15) is 4.79 Å². The van der Waals surface area contributed by atoms with E-state index in [1.807, 2.05) is 24.3 Å². The highest BCUT2D eigenvalue weighted by molar-refractivity contribution is 6.44. The minimum atomic E-state index is -0.644. The Hall–Kier alpha value is -1.46. The number of alkyl halides is 2. The normalized spacial score (nSPS) is 11.0. The van der Waals surface area contributed by atoms with Gasteiger partial charge in [-0.25, -0.2) is 14.0 Å². The van der Waals surface area contributed by atoms with Crippen molar-refractivity contribution in [2.24, 2.45) is 7.05 Å². The van der Waals surface area contributed by atoms with Gasteiger partial charge in [0.15, 0.2) is 0 Å². The van der Waals surface area contributed by atoms with E-state index in [0.717, 1.165) is 11.1 Å². The molecular formula is C12H13Cl2N3O2. The van der Waals surface area contributed by atoms with Gasteiger partial charge in [0.05, 0.1) is 13.7 Å². The number of hydrogen-bond donors (Lipinski definition) is 0. The van der Waals surface area contributed by atoms with Gasteiger partial charge in [0, 0.05) is 7.05 Å². The first-order chi connectivity index (χ1) is 9.04. The molecule has 0 aliphatic heterocycles. The van der Waals surface area contributed by atoms with Crippen molar-refractivity contribution in [1.29, 1.82) is 0 Å². The van der Waals surface area contributed by atoms with Crippen molar-refractivity contribution >= 4 is 23.2 Å². The number of methoxy groups -OCH3 is 1. The summed E-state index contributed by atoms with van der Waals surface area (Å²) in [4.78, 5) is 11.3. The van der Waals surface area contributed by atoms with Crippen LogP contribution in [0.1, 0.15) is 16.0 Å². The van der Waals surface area contributed by atoms with Crippen LogP contribution in [0, 0.1) is 0 Å². The van der Waals surface area contributed by atoms with Gasteiger partial charge in [-0.2, -0.15) is 0 Å². The molecule has 5 nitrogen and oxygen atoms in total. The largest absolute Gasteiger partial charge is 0.467 e. The maximum absolute atomic E-state index is 12.0. The lowest BCUT2D eigenvalue weighted by Crippen LogP contribution is -2.23. The highest BCUT2D eigenvalue weighted by atomic mass is 35.5. The molecule has 0 amide bonds. The fourth-order valence-electron chi connectivity index (χ4n) is 1.83. The Morgan fingerprint density at radius 3 is 2.68 bits per heavy atom. The fraction of sp³-hybridized carbons (Fsp3) is 0.333. The van der Waals surface area contributed by atoms with Crippen LogP contribution in [0.15, 0.2) is 29.1 Å². The van der Waals surface area contributed by atoms with Crippen LogP contribution in [0.25, 0.3) is 0 Å². The standard InChI is InChI=1S/C12H13Cl2N3O2/c1-16-12(18)17(11(15-16)19-2)7-8-5-3-4-6-9(8)10(13)14/h3-6,10H,7H2,1-2H3. The van der Waals surface area contributed by atoms with Gasteiger partial charge in [0.2, 0.25) is 0 Å². The molecule has 0 spiro atoms. The molecule has 2 rings (SSSR count). The molecule has 2 aromatic rings. The third kappa shape index (κ3) is 2.77. The summed E-state index contributed by atoms with van der Waals surface area (Å²) in [5.74, 6) is 0. The summed E-state index contributed by atoms with van der Waals surface area (Å²) in [7, 11) is 3.04. The summed E-state index contributed by atoms with van der Waals surface area (Å²) in [5.41, 5.74) is 1.36. The Morgan fingerprint density at radius 1 is 1.37 bits per heavy atom. The minimum absolute atomic E-state index is 0.253. The van der Waals surface area contributed by atoms with Crippen LogP contribution < -0.4 is 10.4 Å².